The van der Waals surface area contributed by atoms with Crippen molar-refractivity contribution in [2.24, 2.45) is 7.05 Å². The molecule has 1 aliphatic rings. The van der Waals surface area contributed by atoms with E-state index in [0.29, 0.717) is 18.0 Å². The number of nitrogens with one attached hydrogen (secondary N) is 1. The third-order valence-electron chi connectivity index (χ3n) is 5.71. The Labute approximate surface area is 195 Å². The van der Waals surface area contributed by atoms with Crippen molar-refractivity contribution in [2.75, 3.05) is 51.3 Å². The number of hydrogen-bond donors (Lipinski definition) is 1. The van der Waals surface area contributed by atoms with Crippen LogP contribution in [0.4, 0.5) is 5.82 Å². The average molecular weight is 470 g/mol. The van der Waals surface area contributed by atoms with E-state index in [1.54, 1.807) is 43.6 Å². The third-order valence-corrected chi connectivity index (χ3v) is 7.36. The second-order valence-corrected chi connectivity index (χ2v) is 10.2. The fraction of sp³-hybridized carbons (Fsp3) is 0.391. The Balaban J connectivity index is 1.33. The molecule has 1 unspecified atom stereocenters. The van der Waals surface area contributed by atoms with Gasteiger partial charge < -0.3 is 9.64 Å². The van der Waals surface area contributed by atoms with Gasteiger partial charge in [-0.1, -0.05) is 24.3 Å². The highest BCUT2D eigenvalue weighted by Crippen LogP contribution is 2.27. The number of hydrogen-bond acceptors (Lipinski definition) is 7. The molecule has 1 fully saturated rings. The standard InChI is InChI=1S/C23H31N7O2S/c1-28-17-21(16-26-28)33(3,31)27-10-11-29-12-14-30(15-13-29)23-22(24-8-9-25-23)20-6-4-19(5-7-20)18-32-2/h4-9,16-17H,3,10-15,18H2,1-2H3,(H,27,31). The number of benzene rings is 1. The van der Waals surface area contributed by atoms with Crippen LogP contribution in [0.2, 0.25) is 0 Å². The predicted octanol–water partition coefficient (Wildman–Crippen LogP) is 1.43. The maximum absolute atomic E-state index is 12.8. The van der Waals surface area contributed by atoms with E-state index < -0.39 is 9.71 Å². The second kappa shape index (κ2) is 10.4. The Kier molecular flexibility index (Phi) is 7.39. The van der Waals surface area contributed by atoms with E-state index in [1.807, 2.05) is 0 Å². The molecule has 1 atom stereocenters. The highest BCUT2D eigenvalue weighted by molar-refractivity contribution is 7.98. The molecule has 9 nitrogen and oxygen atoms in total. The number of anilines is 1. The number of piperazine rings is 1. The van der Waals surface area contributed by atoms with Crippen molar-refractivity contribution in [3.05, 3.63) is 54.6 Å². The molecule has 1 saturated heterocycles. The predicted molar refractivity (Wildman–Crippen MR) is 132 cm³/mol. The van der Waals surface area contributed by atoms with Gasteiger partial charge in [0.1, 0.15) is 5.69 Å². The molecule has 3 aromatic rings. The Hall–Kier alpha value is -2.79. The summed E-state index contributed by atoms with van der Waals surface area (Å²) in [5.74, 6) is 4.77. The Bertz CT molecular complexity index is 1150. The van der Waals surface area contributed by atoms with Crippen molar-refractivity contribution in [2.45, 2.75) is 11.5 Å². The van der Waals surface area contributed by atoms with E-state index in [4.69, 9.17) is 4.74 Å². The first-order valence-electron chi connectivity index (χ1n) is 10.9. The molecule has 3 heterocycles. The average Bonchev–Trinajstić information content (AvgIpc) is 3.28. The van der Waals surface area contributed by atoms with Crippen LogP contribution in [-0.4, -0.2) is 81.1 Å². The number of methoxy groups -OCH3 is 1. The summed E-state index contributed by atoms with van der Waals surface area (Å²) in [4.78, 5) is 14.5. The van der Waals surface area contributed by atoms with Crippen LogP contribution >= 0.6 is 0 Å². The molecule has 1 aromatic carbocycles. The van der Waals surface area contributed by atoms with Gasteiger partial charge in [-0.2, -0.15) is 5.10 Å². The fourth-order valence-corrected chi connectivity index (χ4v) is 5.02. The van der Waals surface area contributed by atoms with Crippen LogP contribution in [0.5, 0.6) is 0 Å². The molecule has 4 rings (SSSR count). The van der Waals surface area contributed by atoms with Gasteiger partial charge in [0.05, 0.1) is 27.4 Å². The summed E-state index contributed by atoms with van der Waals surface area (Å²) in [6, 6.07) is 8.27. The van der Waals surface area contributed by atoms with Gasteiger partial charge >= 0.3 is 0 Å². The van der Waals surface area contributed by atoms with E-state index >= 15 is 0 Å². The quantitative estimate of drug-likeness (QED) is 0.474. The summed E-state index contributed by atoms with van der Waals surface area (Å²) < 4.78 is 22.7. The first-order chi connectivity index (χ1) is 16.0. The Morgan fingerprint density at radius 2 is 1.85 bits per heavy atom. The molecule has 10 heteroatoms. The van der Waals surface area contributed by atoms with Crippen LogP contribution in [0.15, 0.2) is 53.9 Å². The van der Waals surface area contributed by atoms with Gasteiger partial charge in [-0.25, -0.2) is 13.9 Å². The smallest absolute Gasteiger partial charge is 0.155 e. The third kappa shape index (κ3) is 5.77. The number of aromatic nitrogens is 4. The zero-order valence-corrected chi connectivity index (χ0v) is 20.0. The summed E-state index contributed by atoms with van der Waals surface area (Å²) in [6.45, 7) is 5.50. The van der Waals surface area contributed by atoms with Gasteiger partial charge in [-0.05, 0) is 11.4 Å². The molecule has 0 radical (unpaired) electrons. The zero-order valence-electron chi connectivity index (χ0n) is 19.2. The first kappa shape index (κ1) is 23.4. The summed E-state index contributed by atoms with van der Waals surface area (Å²) in [7, 11) is 0.966. The lowest BCUT2D eigenvalue weighted by molar-refractivity contribution is 0.185. The minimum Gasteiger partial charge on any atom is -0.380 e. The largest absolute Gasteiger partial charge is 0.380 e. The molecular weight excluding hydrogens is 438 g/mol. The SMILES string of the molecule is C=S(=O)(NCCN1CCN(c2nccnc2-c2ccc(COC)cc2)CC1)c1cnn(C)c1. The van der Waals surface area contributed by atoms with Crippen LogP contribution in [0.3, 0.4) is 0 Å². The number of aryl methyl sites for hydroxylation is 1. The number of nitrogens with zero attached hydrogens (tertiary/aromatic N) is 6. The molecule has 0 spiro atoms. The lowest BCUT2D eigenvalue weighted by Gasteiger charge is -2.36. The van der Waals surface area contributed by atoms with Crippen molar-refractivity contribution in [3.63, 3.8) is 0 Å². The number of rotatable bonds is 9. The normalized spacial score (nSPS) is 16.6. The summed E-state index contributed by atoms with van der Waals surface area (Å²) in [5.41, 5.74) is 3.07. The fourth-order valence-electron chi connectivity index (χ4n) is 3.90. The molecule has 0 bridgehead atoms. The molecule has 176 valence electrons. The highest BCUT2D eigenvalue weighted by atomic mass is 32.2. The molecule has 1 aliphatic heterocycles. The summed E-state index contributed by atoms with van der Waals surface area (Å²) in [5, 5.41) is 4.08. The second-order valence-electron chi connectivity index (χ2n) is 8.11. The lowest BCUT2D eigenvalue weighted by atomic mass is 10.1. The molecule has 0 amide bonds. The summed E-state index contributed by atoms with van der Waals surface area (Å²) in [6.07, 6.45) is 6.83. The van der Waals surface area contributed by atoms with Crippen LogP contribution in [0.1, 0.15) is 5.56 Å². The Morgan fingerprint density at radius 3 is 2.52 bits per heavy atom. The molecule has 1 N–H and O–H groups in total. The van der Waals surface area contributed by atoms with Crippen molar-refractivity contribution >= 4 is 21.4 Å². The lowest BCUT2D eigenvalue weighted by Crippen LogP contribution is -2.48. The monoisotopic (exact) mass is 469 g/mol. The summed E-state index contributed by atoms with van der Waals surface area (Å²) >= 11 is 0. The van der Waals surface area contributed by atoms with Gasteiger partial charge in [-0.3, -0.25) is 14.6 Å². The van der Waals surface area contributed by atoms with Crippen molar-refractivity contribution in [1.29, 1.82) is 0 Å². The number of ether oxygens (including phenoxy) is 1. The minimum atomic E-state index is -2.53. The minimum absolute atomic E-state index is 0.593. The molecule has 0 saturated carbocycles. The van der Waals surface area contributed by atoms with Crippen molar-refractivity contribution in [3.8, 4) is 11.3 Å². The van der Waals surface area contributed by atoms with Gasteiger partial charge in [0.2, 0.25) is 0 Å². The van der Waals surface area contributed by atoms with Crippen LogP contribution < -0.4 is 9.62 Å². The maximum atomic E-state index is 12.8. The first-order valence-corrected chi connectivity index (χ1v) is 12.7. The van der Waals surface area contributed by atoms with E-state index in [9.17, 15) is 4.21 Å². The molecular formula is C23H31N7O2S. The van der Waals surface area contributed by atoms with Gasteiger partial charge in [-0.15, -0.1) is 0 Å². The van der Waals surface area contributed by atoms with E-state index in [1.165, 1.54) is 0 Å². The molecule has 2 aromatic heterocycles. The van der Waals surface area contributed by atoms with Gasteiger partial charge in [0, 0.05) is 77.6 Å². The molecule has 33 heavy (non-hydrogen) atoms. The van der Waals surface area contributed by atoms with Gasteiger partial charge in [0.25, 0.3) is 0 Å². The Morgan fingerprint density at radius 1 is 1.12 bits per heavy atom. The topological polar surface area (TPSA) is 88.4 Å². The zero-order chi connectivity index (χ0) is 23.3. The highest BCUT2D eigenvalue weighted by Gasteiger charge is 2.21. The van der Waals surface area contributed by atoms with Crippen LogP contribution in [-0.2, 0) is 28.1 Å². The van der Waals surface area contributed by atoms with Crippen LogP contribution in [0.25, 0.3) is 11.3 Å². The molecule has 0 aliphatic carbocycles. The van der Waals surface area contributed by atoms with Gasteiger partial charge in [0.15, 0.2) is 5.82 Å². The maximum Gasteiger partial charge on any atom is 0.155 e. The van der Waals surface area contributed by atoms with E-state index in [-0.39, 0.29) is 0 Å². The van der Waals surface area contributed by atoms with Crippen molar-refractivity contribution < 1.29 is 8.95 Å². The van der Waals surface area contributed by atoms with Crippen molar-refractivity contribution in [1.82, 2.24) is 29.4 Å². The van der Waals surface area contributed by atoms with E-state index in [0.717, 1.165) is 55.4 Å². The van der Waals surface area contributed by atoms with E-state index in [2.05, 4.69) is 59.7 Å². The van der Waals surface area contributed by atoms with Crippen LogP contribution in [0, 0.1) is 0 Å².